The first kappa shape index (κ1) is 18.8. The number of hydrogen-bond acceptors (Lipinski definition) is 6. The molecule has 146 valence electrons. The highest BCUT2D eigenvalue weighted by molar-refractivity contribution is 7.16. The molecular weight excluding hydrogens is 372 g/mol. The molecule has 0 aliphatic carbocycles. The van der Waals surface area contributed by atoms with Crippen LogP contribution in [0.4, 0.5) is 0 Å². The lowest BCUT2D eigenvalue weighted by Crippen LogP contribution is -2.48. The molecule has 1 amide bonds. The number of rotatable bonds is 6. The van der Waals surface area contributed by atoms with Gasteiger partial charge >= 0.3 is 0 Å². The van der Waals surface area contributed by atoms with Crippen molar-refractivity contribution in [1.82, 2.24) is 29.6 Å². The van der Waals surface area contributed by atoms with Crippen molar-refractivity contribution in [1.29, 1.82) is 0 Å². The van der Waals surface area contributed by atoms with E-state index >= 15 is 0 Å². The Kier molecular flexibility index (Phi) is 5.78. The Morgan fingerprint density at radius 2 is 1.93 bits per heavy atom. The highest BCUT2D eigenvalue weighted by Gasteiger charge is 2.20. The molecule has 0 atom stereocenters. The minimum atomic E-state index is 0.210. The van der Waals surface area contributed by atoms with Gasteiger partial charge in [-0.15, -0.1) is 10.2 Å². The fraction of sp³-hybridized carbons (Fsp3) is 0.400. The number of piperazine rings is 1. The van der Waals surface area contributed by atoms with E-state index in [2.05, 4.69) is 44.5 Å². The summed E-state index contributed by atoms with van der Waals surface area (Å²) < 4.78 is 1.74. The third-order valence-corrected chi connectivity index (χ3v) is 5.90. The van der Waals surface area contributed by atoms with Crippen molar-refractivity contribution in [3.63, 3.8) is 0 Å². The average Bonchev–Trinajstić information content (AvgIpc) is 3.29. The molecule has 0 unspecified atom stereocenters. The lowest BCUT2D eigenvalue weighted by molar-refractivity contribution is -0.132. The number of carbonyl (C=O) groups is 1. The van der Waals surface area contributed by atoms with Gasteiger partial charge in [0.2, 0.25) is 10.9 Å². The molecule has 0 radical (unpaired) electrons. The van der Waals surface area contributed by atoms with Crippen molar-refractivity contribution in [3.8, 4) is 0 Å². The van der Waals surface area contributed by atoms with Gasteiger partial charge in [0.05, 0.1) is 0 Å². The van der Waals surface area contributed by atoms with E-state index in [-0.39, 0.29) is 5.91 Å². The maximum Gasteiger partial charge on any atom is 0.234 e. The largest absolute Gasteiger partial charge is 0.340 e. The normalized spacial score (nSPS) is 15.7. The lowest BCUT2D eigenvalue weighted by Gasteiger charge is -2.34. The van der Waals surface area contributed by atoms with E-state index in [0.29, 0.717) is 12.8 Å². The van der Waals surface area contributed by atoms with Crippen molar-refractivity contribution in [2.45, 2.75) is 19.8 Å². The van der Waals surface area contributed by atoms with Gasteiger partial charge in [-0.05, 0) is 12.5 Å². The van der Waals surface area contributed by atoms with Crippen LogP contribution < -0.4 is 0 Å². The zero-order valence-electron chi connectivity index (χ0n) is 16.0. The Balaban J connectivity index is 1.21. The second-order valence-corrected chi connectivity index (χ2v) is 7.97. The predicted molar refractivity (Wildman–Crippen MR) is 110 cm³/mol. The van der Waals surface area contributed by atoms with Crippen LogP contribution in [-0.2, 0) is 11.2 Å². The molecule has 1 aromatic carbocycles. The molecule has 7 nitrogen and oxygen atoms in total. The van der Waals surface area contributed by atoms with Crippen LogP contribution in [0.15, 0.2) is 36.4 Å². The van der Waals surface area contributed by atoms with E-state index in [9.17, 15) is 4.79 Å². The zero-order valence-corrected chi connectivity index (χ0v) is 16.8. The summed E-state index contributed by atoms with van der Waals surface area (Å²) in [4.78, 5) is 17.7. The Bertz CT molecular complexity index is 956. The Hall–Kier alpha value is -2.58. The summed E-state index contributed by atoms with van der Waals surface area (Å²) in [6, 6.07) is 10.3. The number of hydrogen-bond donors (Lipinski definition) is 0. The summed E-state index contributed by atoms with van der Waals surface area (Å²) in [7, 11) is 0. The topological polar surface area (TPSA) is 66.6 Å². The fourth-order valence-electron chi connectivity index (χ4n) is 3.31. The molecular formula is C20H24N6OS. The van der Waals surface area contributed by atoms with Crippen molar-refractivity contribution < 1.29 is 4.79 Å². The minimum absolute atomic E-state index is 0.210. The number of aromatic nitrogens is 4. The highest BCUT2D eigenvalue weighted by Crippen LogP contribution is 2.16. The third-order valence-electron chi connectivity index (χ3n) is 4.94. The number of aryl methyl sites for hydroxylation is 2. The predicted octanol–water partition coefficient (Wildman–Crippen LogP) is 2.28. The van der Waals surface area contributed by atoms with Crippen LogP contribution in [0.5, 0.6) is 0 Å². The molecule has 2 aromatic heterocycles. The Labute approximate surface area is 168 Å². The molecule has 28 heavy (non-hydrogen) atoms. The SMILES string of the molecule is Cc1nnc2sc(CCC(=O)N3CCN(C/C=C/c4ccccc4)CC3)nn12. The number of amides is 1. The van der Waals surface area contributed by atoms with Crippen LogP contribution >= 0.6 is 11.3 Å². The minimum Gasteiger partial charge on any atom is -0.340 e. The smallest absolute Gasteiger partial charge is 0.234 e. The summed E-state index contributed by atoms with van der Waals surface area (Å²) in [5, 5.41) is 13.5. The number of fused-ring (bicyclic) bond motifs is 1. The first-order chi connectivity index (χ1) is 13.7. The van der Waals surface area contributed by atoms with Crippen LogP contribution in [0.25, 0.3) is 11.0 Å². The maximum absolute atomic E-state index is 12.5. The monoisotopic (exact) mass is 396 g/mol. The molecule has 1 saturated heterocycles. The van der Waals surface area contributed by atoms with Crippen molar-refractivity contribution in [2.24, 2.45) is 0 Å². The zero-order chi connectivity index (χ0) is 19.3. The molecule has 3 heterocycles. The Morgan fingerprint density at radius 3 is 2.68 bits per heavy atom. The lowest BCUT2D eigenvalue weighted by atomic mass is 10.2. The quantitative estimate of drug-likeness (QED) is 0.640. The number of carbonyl (C=O) groups excluding carboxylic acids is 1. The van der Waals surface area contributed by atoms with Gasteiger partial charge in [-0.1, -0.05) is 53.8 Å². The second kappa shape index (κ2) is 8.62. The van der Waals surface area contributed by atoms with Crippen LogP contribution in [0.3, 0.4) is 0 Å². The van der Waals surface area contributed by atoms with Gasteiger partial charge < -0.3 is 4.90 Å². The number of nitrogens with zero attached hydrogens (tertiary/aromatic N) is 6. The van der Waals surface area contributed by atoms with Gasteiger partial charge in [-0.25, -0.2) is 0 Å². The average molecular weight is 397 g/mol. The molecule has 0 spiro atoms. The molecule has 0 saturated carbocycles. The third kappa shape index (κ3) is 4.45. The Morgan fingerprint density at radius 1 is 1.14 bits per heavy atom. The first-order valence-corrected chi connectivity index (χ1v) is 10.4. The van der Waals surface area contributed by atoms with Crippen molar-refractivity contribution >= 4 is 28.3 Å². The van der Waals surface area contributed by atoms with E-state index < -0.39 is 0 Å². The standard InChI is InChI=1S/C20H24N6OS/c1-16-21-22-20-26(16)23-18(28-20)9-10-19(27)25-14-12-24(13-15-25)11-5-8-17-6-3-2-4-7-17/h2-8H,9-15H2,1H3/b8-5+. The molecule has 1 fully saturated rings. The van der Waals surface area contributed by atoms with Gasteiger partial charge in [0.15, 0.2) is 5.82 Å². The van der Waals surface area contributed by atoms with E-state index in [1.165, 1.54) is 16.9 Å². The second-order valence-electron chi connectivity index (χ2n) is 6.93. The first-order valence-electron chi connectivity index (χ1n) is 9.58. The highest BCUT2D eigenvalue weighted by atomic mass is 32.1. The van der Waals surface area contributed by atoms with Crippen molar-refractivity contribution in [2.75, 3.05) is 32.7 Å². The summed E-state index contributed by atoms with van der Waals surface area (Å²) in [6.45, 7) is 6.22. The van der Waals surface area contributed by atoms with E-state index in [1.54, 1.807) is 4.52 Å². The van der Waals surface area contributed by atoms with Crippen molar-refractivity contribution in [3.05, 3.63) is 52.8 Å². The summed E-state index contributed by atoms with van der Waals surface area (Å²) in [5.41, 5.74) is 1.22. The maximum atomic E-state index is 12.5. The van der Waals surface area contributed by atoms with E-state index in [0.717, 1.165) is 48.5 Å². The van der Waals surface area contributed by atoms with Gasteiger partial charge in [-0.3, -0.25) is 9.69 Å². The van der Waals surface area contributed by atoms with E-state index in [4.69, 9.17) is 0 Å². The summed E-state index contributed by atoms with van der Waals surface area (Å²) in [5.74, 6) is 0.989. The molecule has 1 aliphatic heterocycles. The van der Waals surface area contributed by atoms with Crippen LogP contribution in [-0.4, -0.2) is 68.2 Å². The molecule has 4 rings (SSSR count). The summed E-state index contributed by atoms with van der Waals surface area (Å²) >= 11 is 1.51. The van der Waals surface area contributed by atoms with Crippen LogP contribution in [0, 0.1) is 6.92 Å². The van der Waals surface area contributed by atoms with Gasteiger partial charge in [0.25, 0.3) is 0 Å². The van der Waals surface area contributed by atoms with Gasteiger partial charge in [0.1, 0.15) is 5.01 Å². The summed E-state index contributed by atoms with van der Waals surface area (Å²) in [6.07, 6.45) is 5.51. The van der Waals surface area contributed by atoms with Gasteiger partial charge in [-0.2, -0.15) is 9.61 Å². The fourth-order valence-corrected chi connectivity index (χ4v) is 4.19. The molecule has 0 bridgehead atoms. The number of benzene rings is 1. The van der Waals surface area contributed by atoms with Gasteiger partial charge in [0, 0.05) is 45.6 Å². The molecule has 1 aliphatic rings. The van der Waals surface area contributed by atoms with E-state index in [1.807, 2.05) is 30.0 Å². The molecule has 0 N–H and O–H groups in total. The molecule has 3 aromatic rings. The van der Waals surface area contributed by atoms with Crippen LogP contribution in [0.1, 0.15) is 22.8 Å². The van der Waals surface area contributed by atoms with Crippen LogP contribution in [0.2, 0.25) is 0 Å². The molecule has 8 heteroatoms.